The number of unbranched alkanes of at least 4 members (excludes halogenated alkanes) is 5. The first kappa shape index (κ1) is 35.3. The van der Waals surface area contributed by atoms with Crippen LogP contribution in [0.4, 0.5) is 5.82 Å². The van der Waals surface area contributed by atoms with E-state index in [9.17, 15) is 9.46 Å². The monoisotopic (exact) mass is 645 g/mol. The molecule has 2 aromatic heterocycles. The highest BCUT2D eigenvalue weighted by atomic mass is 32.2. The third-order valence-corrected chi connectivity index (χ3v) is 9.76. The van der Waals surface area contributed by atoms with Gasteiger partial charge in [-0.15, -0.1) is 5.54 Å². The number of fused-ring (bicyclic) bond motifs is 1. The molecule has 9 nitrogen and oxygen atoms in total. The third-order valence-electron chi connectivity index (χ3n) is 6.67. The van der Waals surface area contributed by atoms with E-state index >= 15 is 0 Å². The number of nitrogens with zero attached hydrogens (tertiary/aromatic N) is 4. The molecule has 1 aromatic carbocycles. The highest BCUT2D eigenvalue weighted by Crippen LogP contribution is 2.42. The van der Waals surface area contributed by atoms with E-state index in [2.05, 4.69) is 70.3 Å². The maximum atomic E-state index is 12.3. The van der Waals surface area contributed by atoms with Gasteiger partial charge in [-0.1, -0.05) is 63.4 Å². The van der Waals surface area contributed by atoms with Crippen molar-refractivity contribution < 1.29 is 18.7 Å². The van der Waals surface area contributed by atoms with Gasteiger partial charge in [-0.2, -0.15) is 11.8 Å². The van der Waals surface area contributed by atoms with E-state index in [1.54, 1.807) is 10.9 Å². The summed E-state index contributed by atoms with van der Waals surface area (Å²) in [5, 5.41) is 0. The van der Waals surface area contributed by atoms with Crippen LogP contribution < -0.4 is 5.73 Å². The molecule has 12 heteroatoms. The fourth-order valence-electron chi connectivity index (χ4n) is 4.35. The van der Waals surface area contributed by atoms with E-state index in [1.807, 2.05) is 18.7 Å². The summed E-state index contributed by atoms with van der Waals surface area (Å²) in [6, 6.07) is 8.77. The van der Waals surface area contributed by atoms with Crippen molar-refractivity contribution in [3.63, 3.8) is 0 Å². The zero-order chi connectivity index (χ0) is 31.1. The lowest BCUT2D eigenvalue weighted by Gasteiger charge is -2.17. The number of benzene rings is 1. The zero-order valence-corrected chi connectivity index (χ0v) is 28.8. The van der Waals surface area contributed by atoms with Crippen molar-refractivity contribution in [1.29, 1.82) is 0 Å². The van der Waals surface area contributed by atoms with Crippen LogP contribution in [0.3, 0.4) is 0 Å². The van der Waals surface area contributed by atoms with E-state index in [1.165, 1.54) is 50.4 Å². The smallest absolute Gasteiger partial charge is 0.353 e. The molecule has 0 spiro atoms. The van der Waals surface area contributed by atoms with Gasteiger partial charge in [-0.3, -0.25) is 4.57 Å². The number of nitrogen functional groups attached to an aromatic ring is 1. The Balaban J connectivity index is 1.14. The molecule has 0 fully saturated rings. The number of ether oxygens (including phenoxy) is 1. The molecule has 0 aliphatic heterocycles. The Morgan fingerprint density at radius 1 is 1.02 bits per heavy atom. The fraction of sp³-hybridized carbons (Fsp3) is 0.581. The summed E-state index contributed by atoms with van der Waals surface area (Å²) >= 11 is 1.88. The summed E-state index contributed by atoms with van der Waals surface area (Å²) in [6.07, 6.45) is 11.7. The number of anilines is 1. The van der Waals surface area contributed by atoms with Crippen LogP contribution in [-0.2, 0) is 26.8 Å². The summed E-state index contributed by atoms with van der Waals surface area (Å²) in [6.45, 7) is 9.28. The van der Waals surface area contributed by atoms with Gasteiger partial charge >= 0.3 is 7.60 Å². The normalized spacial score (nSPS) is 13.9. The minimum Gasteiger partial charge on any atom is -0.382 e. The van der Waals surface area contributed by atoms with E-state index in [0.29, 0.717) is 23.5 Å². The highest BCUT2D eigenvalue weighted by Gasteiger charge is 2.21. The second-order valence-corrected chi connectivity index (χ2v) is 19.7. The van der Waals surface area contributed by atoms with Crippen molar-refractivity contribution in [3.05, 3.63) is 48.0 Å². The average Bonchev–Trinajstić information content (AvgIpc) is 3.37. The van der Waals surface area contributed by atoms with Gasteiger partial charge in [0.15, 0.2) is 11.5 Å². The van der Waals surface area contributed by atoms with Crippen LogP contribution in [0.1, 0.15) is 63.0 Å². The molecule has 2 atom stereocenters. The largest absolute Gasteiger partial charge is 0.382 e. The molecule has 0 aliphatic carbocycles. The molecule has 0 aliphatic rings. The quantitative estimate of drug-likeness (QED) is 0.0619. The Bertz CT molecular complexity index is 1370. The molecule has 3 rings (SSSR count). The topological polar surface area (TPSA) is 125 Å². The maximum absolute atomic E-state index is 12.3. The predicted octanol–water partition coefficient (Wildman–Crippen LogP) is 6.91. The van der Waals surface area contributed by atoms with Gasteiger partial charge < -0.3 is 24.5 Å². The Morgan fingerprint density at radius 2 is 1.72 bits per heavy atom. The number of aromatic nitrogens is 4. The molecular weight excluding hydrogens is 597 g/mol. The van der Waals surface area contributed by atoms with E-state index in [-0.39, 0.29) is 19.1 Å². The van der Waals surface area contributed by atoms with Crippen molar-refractivity contribution in [2.45, 2.75) is 90.6 Å². The molecule has 3 aromatic rings. The number of hydrogen-bond donors (Lipinski definition) is 2. The molecule has 0 saturated carbocycles. The van der Waals surface area contributed by atoms with E-state index in [0.717, 1.165) is 29.9 Å². The molecule has 43 heavy (non-hydrogen) atoms. The summed E-state index contributed by atoms with van der Waals surface area (Å²) in [5.74, 6) is 5.66. The molecule has 0 radical (unpaired) electrons. The van der Waals surface area contributed by atoms with E-state index in [4.69, 9.17) is 15.0 Å². The number of thioether (sulfide) groups is 1. The van der Waals surface area contributed by atoms with Crippen LogP contribution in [0.5, 0.6) is 0 Å². The lowest BCUT2D eigenvalue weighted by atomic mass is 10.0. The number of aryl methyl sites for hydroxylation is 1. The summed E-state index contributed by atoms with van der Waals surface area (Å²) in [7, 11) is -5.13. The first-order chi connectivity index (χ1) is 20.5. The lowest BCUT2D eigenvalue weighted by molar-refractivity contribution is 0.0718. The molecule has 0 saturated heterocycles. The van der Waals surface area contributed by atoms with Crippen molar-refractivity contribution >= 4 is 44.4 Å². The Kier molecular flexibility index (Phi) is 14.7. The standard InChI is InChI=1S/C31H48N5O4PSSi/c1-26(22-36-24-35-29-30(32)33-23-34-31(29)36)39-25-41(37,38)40-18-11-20-42-19-10-8-6-5-7-9-12-27-13-15-28(16-14-27)17-21-43(2,3)4/h13-16,23-24,26H,5-12,18-20,22,25H2,1-4H3,(H,37,38)(H2,32,33,34)/t26-/m1/s1. The SMILES string of the molecule is C[C@H](Cn1cnc2c(N)ncnc21)OCP(=O)(O)OCCCSCCCCCCCCc1ccc(C#C[Si](C)(C)C)cc1. The van der Waals surface area contributed by atoms with Gasteiger partial charge in [-0.25, -0.2) is 15.0 Å². The Morgan fingerprint density at radius 3 is 2.47 bits per heavy atom. The van der Waals surface area contributed by atoms with Crippen LogP contribution in [-0.4, -0.2) is 63.1 Å². The summed E-state index contributed by atoms with van der Waals surface area (Å²) in [5.41, 5.74) is 12.9. The number of imidazole rings is 1. The molecule has 0 bridgehead atoms. The van der Waals surface area contributed by atoms with Crippen molar-refractivity contribution in [1.82, 2.24) is 19.5 Å². The fourth-order valence-corrected chi connectivity index (χ4v) is 6.73. The predicted molar refractivity (Wildman–Crippen MR) is 181 cm³/mol. The van der Waals surface area contributed by atoms with Gasteiger partial charge in [0, 0.05) is 5.56 Å². The van der Waals surface area contributed by atoms with Crippen LogP contribution in [0.25, 0.3) is 11.2 Å². The Hall–Kier alpha value is -2.19. The minimum absolute atomic E-state index is 0.246. The zero-order valence-electron chi connectivity index (χ0n) is 26.1. The highest BCUT2D eigenvalue weighted by molar-refractivity contribution is 7.99. The van der Waals surface area contributed by atoms with Crippen molar-refractivity contribution in [2.75, 3.05) is 30.2 Å². The van der Waals surface area contributed by atoms with Crippen molar-refractivity contribution in [2.24, 2.45) is 0 Å². The second kappa shape index (κ2) is 17.9. The van der Waals surface area contributed by atoms with Crippen LogP contribution in [0.2, 0.25) is 19.6 Å². The maximum Gasteiger partial charge on any atom is 0.353 e. The van der Waals surface area contributed by atoms with Crippen molar-refractivity contribution in [3.8, 4) is 11.5 Å². The van der Waals surface area contributed by atoms with Crippen LogP contribution >= 0.6 is 19.4 Å². The summed E-state index contributed by atoms with van der Waals surface area (Å²) < 4.78 is 25.0. The average molecular weight is 646 g/mol. The third kappa shape index (κ3) is 14.0. The Labute approximate surface area is 262 Å². The molecule has 2 heterocycles. The van der Waals surface area contributed by atoms with Crippen LogP contribution in [0.15, 0.2) is 36.9 Å². The number of rotatable bonds is 19. The van der Waals surface area contributed by atoms with E-state index < -0.39 is 15.7 Å². The first-order valence-electron chi connectivity index (χ1n) is 15.2. The van der Waals surface area contributed by atoms with Gasteiger partial charge in [-0.05, 0) is 61.8 Å². The lowest BCUT2D eigenvalue weighted by Crippen LogP contribution is -2.17. The van der Waals surface area contributed by atoms with Crippen LogP contribution in [0, 0.1) is 11.5 Å². The molecule has 3 N–H and O–H groups in total. The number of hydrogen-bond acceptors (Lipinski definition) is 8. The molecule has 1 unspecified atom stereocenters. The van der Waals surface area contributed by atoms with Gasteiger partial charge in [0.05, 0.1) is 25.6 Å². The molecular formula is C31H48N5O4PSSi. The molecule has 0 amide bonds. The molecule has 236 valence electrons. The van der Waals surface area contributed by atoms with Gasteiger partial charge in [0.25, 0.3) is 0 Å². The summed E-state index contributed by atoms with van der Waals surface area (Å²) in [4.78, 5) is 22.5. The van der Waals surface area contributed by atoms with Gasteiger partial charge in [0.1, 0.15) is 26.3 Å². The second-order valence-electron chi connectivity index (χ2n) is 11.9. The van der Waals surface area contributed by atoms with Gasteiger partial charge in [0.2, 0.25) is 0 Å². The number of nitrogens with two attached hydrogens (primary N) is 1. The first-order valence-corrected chi connectivity index (χ1v) is 21.6. The minimum atomic E-state index is -3.81.